The summed E-state index contributed by atoms with van der Waals surface area (Å²) < 4.78 is 0. The SMILES string of the molecule is Cc1ccc(-c2cc(N3CCC(CNC(=O)c4n[nH]c5c4CCCC5)CC3)n[nH]2)cc1. The van der Waals surface area contributed by atoms with Crippen LogP contribution in [0.25, 0.3) is 11.3 Å². The zero-order valence-electron chi connectivity index (χ0n) is 18.1. The van der Waals surface area contributed by atoms with Gasteiger partial charge in [0.15, 0.2) is 11.5 Å². The van der Waals surface area contributed by atoms with Gasteiger partial charge in [-0.25, -0.2) is 0 Å². The molecule has 0 spiro atoms. The fourth-order valence-corrected chi connectivity index (χ4v) is 4.71. The molecule has 5 rings (SSSR count). The molecule has 162 valence electrons. The summed E-state index contributed by atoms with van der Waals surface area (Å²) in [7, 11) is 0. The standard InChI is InChI=1S/C24H30N6O/c1-16-6-8-18(9-7-16)21-14-22(28-27-21)30-12-10-17(11-13-30)15-25-24(31)23-19-4-2-3-5-20(19)26-29-23/h6-9,14,17H,2-5,10-13,15H2,1H3,(H,25,31)(H,26,29)(H,27,28). The molecule has 0 saturated carbocycles. The molecular formula is C24H30N6O. The molecule has 1 aliphatic heterocycles. The minimum absolute atomic E-state index is 0.0307. The molecule has 0 atom stereocenters. The number of hydrogen-bond donors (Lipinski definition) is 3. The van der Waals surface area contributed by atoms with Crippen LogP contribution in [0, 0.1) is 12.8 Å². The van der Waals surface area contributed by atoms with E-state index in [1.807, 2.05) is 0 Å². The molecule has 7 nitrogen and oxygen atoms in total. The lowest BCUT2D eigenvalue weighted by Crippen LogP contribution is -2.39. The van der Waals surface area contributed by atoms with Crippen LogP contribution in [0.4, 0.5) is 5.82 Å². The van der Waals surface area contributed by atoms with Crippen LogP contribution in [-0.2, 0) is 12.8 Å². The maximum atomic E-state index is 12.6. The summed E-state index contributed by atoms with van der Waals surface area (Å²) in [4.78, 5) is 15.0. The quantitative estimate of drug-likeness (QED) is 0.590. The van der Waals surface area contributed by atoms with Gasteiger partial charge in [-0.05, 0) is 56.9 Å². The van der Waals surface area contributed by atoms with Gasteiger partial charge in [0.25, 0.3) is 5.91 Å². The number of anilines is 1. The summed E-state index contributed by atoms with van der Waals surface area (Å²) >= 11 is 0. The molecule has 2 aliphatic rings. The van der Waals surface area contributed by atoms with Crippen molar-refractivity contribution in [1.82, 2.24) is 25.7 Å². The molecule has 1 amide bonds. The average Bonchev–Trinajstić information content (AvgIpc) is 3.46. The van der Waals surface area contributed by atoms with Crippen molar-refractivity contribution in [3.8, 4) is 11.3 Å². The van der Waals surface area contributed by atoms with Crippen LogP contribution < -0.4 is 10.2 Å². The Morgan fingerprint density at radius 3 is 2.68 bits per heavy atom. The fourth-order valence-electron chi connectivity index (χ4n) is 4.71. The predicted molar refractivity (Wildman–Crippen MR) is 121 cm³/mol. The second-order valence-electron chi connectivity index (χ2n) is 8.88. The number of aryl methyl sites for hydroxylation is 2. The van der Waals surface area contributed by atoms with Crippen LogP contribution in [0.15, 0.2) is 30.3 Å². The number of piperidine rings is 1. The third-order valence-corrected chi connectivity index (χ3v) is 6.69. The van der Waals surface area contributed by atoms with Gasteiger partial charge in [-0.2, -0.15) is 10.2 Å². The molecular weight excluding hydrogens is 388 g/mol. The molecule has 1 aliphatic carbocycles. The number of amides is 1. The van der Waals surface area contributed by atoms with E-state index in [-0.39, 0.29) is 5.91 Å². The highest BCUT2D eigenvalue weighted by Crippen LogP contribution is 2.26. The van der Waals surface area contributed by atoms with Crippen LogP contribution in [0.5, 0.6) is 0 Å². The molecule has 1 fully saturated rings. The number of aromatic nitrogens is 4. The van der Waals surface area contributed by atoms with Gasteiger partial charge < -0.3 is 10.2 Å². The van der Waals surface area contributed by atoms with E-state index in [9.17, 15) is 4.79 Å². The molecule has 3 N–H and O–H groups in total. The van der Waals surface area contributed by atoms with Crippen LogP contribution in [-0.4, -0.2) is 45.9 Å². The molecule has 3 aromatic rings. The summed E-state index contributed by atoms with van der Waals surface area (Å²) in [5.74, 6) is 1.46. The van der Waals surface area contributed by atoms with E-state index in [4.69, 9.17) is 0 Å². The van der Waals surface area contributed by atoms with E-state index in [2.05, 4.69) is 67.9 Å². The van der Waals surface area contributed by atoms with Crippen molar-refractivity contribution < 1.29 is 4.79 Å². The maximum absolute atomic E-state index is 12.6. The molecule has 7 heteroatoms. The number of nitrogens with one attached hydrogen (secondary N) is 3. The smallest absolute Gasteiger partial charge is 0.272 e. The maximum Gasteiger partial charge on any atom is 0.272 e. The van der Waals surface area contributed by atoms with Crippen LogP contribution in [0.2, 0.25) is 0 Å². The minimum atomic E-state index is -0.0307. The van der Waals surface area contributed by atoms with Crippen molar-refractivity contribution >= 4 is 11.7 Å². The normalized spacial score (nSPS) is 16.9. The summed E-state index contributed by atoms with van der Waals surface area (Å²) in [6.07, 6.45) is 6.38. The monoisotopic (exact) mass is 418 g/mol. The van der Waals surface area contributed by atoms with E-state index >= 15 is 0 Å². The van der Waals surface area contributed by atoms with Crippen molar-refractivity contribution in [3.05, 3.63) is 52.8 Å². The van der Waals surface area contributed by atoms with Gasteiger partial charge >= 0.3 is 0 Å². The van der Waals surface area contributed by atoms with Gasteiger partial charge in [-0.1, -0.05) is 29.8 Å². The lowest BCUT2D eigenvalue weighted by molar-refractivity contribution is 0.0939. The van der Waals surface area contributed by atoms with E-state index in [0.717, 1.165) is 73.5 Å². The zero-order chi connectivity index (χ0) is 21.2. The van der Waals surface area contributed by atoms with Gasteiger partial charge in [-0.3, -0.25) is 15.0 Å². The van der Waals surface area contributed by atoms with E-state index in [0.29, 0.717) is 18.2 Å². The third-order valence-electron chi connectivity index (χ3n) is 6.69. The van der Waals surface area contributed by atoms with Gasteiger partial charge in [-0.15, -0.1) is 0 Å². The Balaban J connectivity index is 1.13. The highest BCUT2D eigenvalue weighted by molar-refractivity contribution is 5.94. The molecule has 0 unspecified atom stereocenters. The van der Waals surface area contributed by atoms with Crippen LogP contribution in [0.3, 0.4) is 0 Å². The van der Waals surface area contributed by atoms with Gasteiger partial charge in [0.05, 0.1) is 5.69 Å². The third kappa shape index (κ3) is 4.22. The summed E-state index contributed by atoms with van der Waals surface area (Å²) in [5.41, 5.74) is 6.33. The number of nitrogens with zero attached hydrogens (tertiary/aromatic N) is 3. The second kappa shape index (κ2) is 8.57. The number of fused-ring (bicyclic) bond motifs is 1. The Labute approximate surface area is 182 Å². The van der Waals surface area contributed by atoms with E-state index in [1.54, 1.807) is 0 Å². The van der Waals surface area contributed by atoms with Crippen molar-refractivity contribution in [2.75, 3.05) is 24.5 Å². The largest absolute Gasteiger partial charge is 0.355 e. The first-order valence-electron chi connectivity index (χ1n) is 11.4. The Kier molecular flexibility index (Phi) is 5.49. The van der Waals surface area contributed by atoms with Crippen LogP contribution in [0.1, 0.15) is 53.0 Å². The van der Waals surface area contributed by atoms with E-state index < -0.39 is 0 Å². The lowest BCUT2D eigenvalue weighted by atomic mass is 9.95. The highest BCUT2D eigenvalue weighted by Gasteiger charge is 2.24. The Morgan fingerprint density at radius 1 is 1.10 bits per heavy atom. The fraction of sp³-hybridized carbons (Fsp3) is 0.458. The molecule has 2 aromatic heterocycles. The first-order valence-corrected chi connectivity index (χ1v) is 11.4. The van der Waals surface area contributed by atoms with Gasteiger partial charge in [0, 0.05) is 37.0 Å². The van der Waals surface area contributed by atoms with Gasteiger partial charge in [0.2, 0.25) is 0 Å². The number of benzene rings is 1. The molecule has 1 saturated heterocycles. The number of rotatable bonds is 5. The van der Waals surface area contributed by atoms with Crippen LogP contribution >= 0.6 is 0 Å². The molecule has 0 radical (unpaired) electrons. The van der Waals surface area contributed by atoms with E-state index in [1.165, 1.54) is 12.0 Å². The number of carbonyl (C=O) groups excluding carboxylic acids is 1. The zero-order valence-corrected chi connectivity index (χ0v) is 18.1. The average molecular weight is 419 g/mol. The Hall–Kier alpha value is -3.09. The first kappa shape index (κ1) is 19.8. The Morgan fingerprint density at radius 2 is 1.87 bits per heavy atom. The highest BCUT2D eigenvalue weighted by atomic mass is 16.1. The van der Waals surface area contributed by atoms with Crippen molar-refractivity contribution in [2.45, 2.75) is 45.4 Å². The molecule has 0 bridgehead atoms. The molecule has 1 aromatic carbocycles. The molecule has 3 heterocycles. The minimum Gasteiger partial charge on any atom is -0.355 e. The number of carbonyl (C=O) groups is 1. The number of hydrogen-bond acceptors (Lipinski definition) is 4. The summed E-state index contributed by atoms with van der Waals surface area (Å²) in [5, 5.41) is 18.2. The first-order chi connectivity index (χ1) is 15.2. The second-order valence-corrected chi connectivity index (χ2v) is 8.88. The Bertz CT molecular complexity index is 1040. The van der Waals surface area contributed by atoms with Gasteiger partial charge in [0.1, 0.15) is 0 Å². The number of H-pyrrole nitrogens is 2. The topological polar surface area (TPSA) is 89.7 Å². The van der Waals surface area contributed by atoms with Crippen molar-refractivity contribution in [3.63, 3.8) is 0 Å². The van der Waals surface area contributed by atoms with Crippen molar-refractivity contribution in [1.29, 1.82) is 0 Å². The summed E-state index contributed by atoms with van der Waals surface area (Å²) in [6.45, 7) is 4.72. The lowest BCUT2D eigenvalue weighted by Gasteiger charge is -2.32. The van der Waals surface area contributed by atoms with Crippen molar-refractivity contribution in [2.24, 2.45) is 5.92 Å². The summed E-state index contributed by atoms with van der Waals surface area (Å²) in [6, 6.07) is 10.6. The number of aromatic amines is 2. The predicted octanol–water partition coefficient (Wildman–Crippen LogP) is 3.63. The molecule has 31 heavy (non-hydrogen) atoms.